The lowest BCUT2D eigenvalue weighted by Crippen LogP contribution is -2.23. The molecular formula is C14H12F3N5O. The highest BCUT2D eigenvalue weighted by atomic mass is 19.4. The van der Waals surface area contributed by atoms with Gasteiger partial charge >= 0.3 is 6.18 Å². The number of pyridine rings is 1. The fraction of sp³-hybridized carbons (Fsp3) is 0.429. The monoisotopic (exact) mass is 323 g/mol. The summed E-state index contributed by atoms with van der Waals surface area (Å²) in [7, 11) is 0. The van der Waals surface area contributed by atoms with E-state index in [-0.39, 0.29) is 17.3 Å². The van der Waals surface area contributed by atoms with E-state index in [0.29, 0.717) is 31.2 Å². The molecule has 3 rings (SSSR count). The minimum atomic E-state index is -4.55. The van der Waals surface area contributed by atoms with Gasteiger partial charge in [0.2, 0.25) is 5.89 Å². The zero-order chi connectivity index (χ0) is 16.6. The van der Waals surface area contributed by atoms with Gasteiger partial charge in [0.05, 0.1) is 11.5 Å². The van der Waals surface area contributed by atoms with Gasteiger partial charge in [-0.3, -0.25) is 0 Å². The van der Waals surface area contributed by atoms with E-state index in [2.05, 4.69) is 15.1 Å². The molecule has 120 valence electrons. The molecule has 0 N–H and O–H groups in total. The van der Waals surface area contributed by atoms with Gasteiger partial charge in [0.15, 0.2) is 5.82 Å². The number of aromatic nitrogens is 3. The van der Waals surface area contributed by atoms with Crippen LogP contribution in [-0.2, 0) is 6.18 Å². The predicted molar refractivity (Wildman–Crippen MR) is 72.6 cm³/mol. The number of aryl methyl sites for hydroxylation is 1. The van der Waals surface area contributed by atoms with Gasteiger partial charge in [0.25, 0.3) is 0 Å². The summed E-state index contributed by atoms with van der Waals surface area (Å²) in [5.74, 6) is 0.920. The van der Waals surface area contributed by atoms with Crippen molar-refractivity contribution in [1.82, 2.24) is 15.1 Å². The van der Waals surface area contributed by atoms with Gasteiger partial charge in [-0.1, -0.05) is 5.16 Å². The van der Waals surface area contributed by atoms with Crippen LogP contribution in [0.5, 0.6) is 0 Å². The Morgan fingerprint density at radius 3 is 2.74 bits per heavy atom. The molecule has 1 unspecified atom stereocenters. The molecule has 1 aliphatic heterocycles. The van der Waals surface area contributed by atoms with Crippen LogP contribution in [0.4, 0.5) is 19.0 Å². The molecule has 0 spiro atoms. The van der Waals surface area contributed by atoms with Crippen LogP contribution >= 0.6 is 0 Å². The van der Waals surface area contributed by atoms with Crippen molar-refractivity contribution in [3.63, 3.8) is 0 Å². The second-order valence-corrected chi connectivity index (χ2v) is 5.29. The van der Waals surface area contributed by atoms with Crippen LogP contribution in [0, 0.1) is 18.3 Å². The Labute approximate surface area is 129 Å². The lowest BCUT2D eigenvalue weighted by molar-refractivity contribution is -0.141. The Bertz CT molecular complexity index is 765. The molecule has 1 saturated heterocycles. The van der Waals surface area contributed by atoms with E-state index in [1.165, 1.54) is 0 Å². The molecule has 2 aromatic rings. The van der Waals surface area contributed by atoms with Crippen molar-refractivity contribution >= 4 is 5.82 Å². The lowest BCUT2D eigenvalue weighted by Gasteiger charge is -2.19. The Morgan fingerprint density at radius 1 is 1.35 bits per heavy atom. The van der Waals surface area contributed by atoms with E-state index >= 15 is 0 Å². The van der Waals surface area contributed by atoms with Crippen molar-refractivity contribution in [3.05, 3.63) is 35.1 Å². The molecule has 0 saturated carbocycles. The zero-order valence-corrected chi connectivity index (χ0v) is 12.1. The van der Waals surface area contributed by atoms with Gasteiger partial charge in [0.1, 0.15) is 17.6 Å². The summed E-state index contributed by atoms with van der Waals surface area (Å²) in [4.78, 5) is 9.44. The van der Waals surface area contributed by atoms with Crippen molar-refractivity contribution in [3.8, 4) is 6.07 Å². The maximum atomic E-state index is 12.8. The third-order valence-corrected chi connectivity index (χ3v) is 3.67. The van der Waals surface area contributed by atoms with Crippen LogP contribution in [0.3, 0.4) is 0 Å². The molecule has 0 radical (unpaired) electrons. The SMILES string of the molecule is Cc1noc(C2CCN(c3nc(C(F)(F)F)ccc3C#N)C2)n1. The van der Waals surface area contributed by atoms with E-state index in [9.17, 15) is 13.2 Å². The number of rotatable bonds is 2. The number of hydrogen-bond donors (Lipinski definition) is 0. The van der Waals surface area contributed by atoms with Gasteiger partial charge in [0, 0.05) is 13.1 Å². The summed E-state index contributed by atoms with van der Waals surface area (Å²) in [6.07, 6.45) is -3.91. The maximum Gasteiger partial charge on any atom is 0.433 e. The number of halogens is 3. The Kier molecular flexibility index (Phi) is 3.67. The number of nitrogens with zero attached hydrogens (tertiary/aromatic N) is 5. The van der Waals surface area contributed by atoms with Gasteiger partial charge in [-0.05, 0) is 25.5 Å². The van der Waals surface area contributed by atoms with E-state index in [1.54, 1.807) is 11.8 Å². The molecule has 23 heavy (non-hydrogen) atoms. The molecule has 2 aromatic heterocycles. The smallest absolute Gasteiger partial charge is 0.355 e. The first-order valence-electron chi connectivity index (χ1n) is 6.92. The van der Waals surface area contributed by atoms with E-state index < -0.39 is 11.9 Å². The van der Waals surface area contributed by atoms with Crippen molar-refractivity contribution in [1.29, 1.82) is 5.26 Å². The molecular weight excluding hydrogens is 311 g/mol. The summed E-state index contributed by atoms with van der Waals surface area (Å²) < 4.78 is 43.6. The van der Waals surface area contributed by atoms with Crippen LogP contribution < -0.4 is 4.90 Å². The van der Waals surface area contributed by atoms with Crippen molar-refractivity contribution in [2.24, 2.45) is 0 Å². The molecule has 1 fully saturated rings. The standard InChI is InChI=1S/C14H12F3N5O/c1-8-19-13(23-21-8)10-4-5-22(7-10)12-9(6-18)2-3-11(20-12)14(15,16)17/h2-3,10H,4-5,7H2,1H3. The fourth-order valence-electron chi connectivity index (χ4n) is 2.57. The number of nitriles is 1. The summed E-state index contributed by atoms with van der Waals surface area (Å²) in [5.41, 5.74) is -0.899. The molecule has 0 amide bonds. The molecule has 1 aliphatic rings. The van der Waals surface area contributed by atoms with Gasteiger partial charge < -0.3 is 9.42 Å². The Morgan fingerprint density at radius 2 is 2.13 bits per heavy atom. The third-order valence-electron chi connectivity index (χ3n) is 3.67. The zero-order valence-electron chi connectivity index (χ0n) is 12.1. The van der Waals surface area contributed by atoms with Crippen LogP contribution in [0.15, 0.2) is 16.7 Å². The molecule has 9 heteroatoms. The average Bonchev–Trinajstić information content (AvgIpc) is 3.14. The molecule has 0 bridgehead atoms. The molecule has 0 aromatic carbocycles. The highest BCUT2D eigenvalue weighted by Gasteiger charge is 2.35. The minimum absolute atomic E-state index is 0.0427. The van der Waals surface area contributed by atoms with Crippen LogP contribution in [0.1, 0.15) is 35.3 Å². The second kappa shape index (κ2) is 5.53. The lowest BCUT2D eigenvalue weighted by atomic mass is 10.1. The van der Waals surface area contributed by atoms with Crippen molar-refractivity contribution in [2.75, 3.05) is 18.0 Å². The van der Waals surface area contributed by atoms with Gasteiger partial charge in [-0.2, -0.15) is 23.4 Å². The van der Waals surface area contributed by atoms with E-state index in [4.69, 9.17) is 9.78 Å². The first-order chi connectivity index (χ1) is 10.9. The fourth-order valence-corrected chi connectivity index (χ4v) is 2.57. The van der Waals surface area contributed by atoms with Crippen molar-refractivity contribution < 1.29 is 17.7 Å². The molecule has 1 atom stereocenters. The van der Waals surface area contributed by atoms with E-state index in [1.807, 2.05) is 6.07 Å². The largest absolute Gasteiger partial charge is 0.433 e. The Hall–Kier alpha value is -2.63. The predicted octanol–water partition coefficient (Wildman–Crippen LogP) is 2.66. The molecule has 3 heterocycles. The minimum Gasteiger partial charge on any atom is -0.355 e. The van der Waals surface area contributed by atoms with Crippen molar-refractivity contribution in [2.45, 2.75) is 25.4 Å². The number of alkyl halides is 3. The summed E-state index contributed by atoms with van der Waals surface area (Å²) in [6, 6.07) is 3.85. The summed E-state index contributed by atoms with van der Waals surface area (Å²) in [5, 5.41) is 12.8. The number of hydrogen-bond acceptors (Lipinski definition) is 6. The second-order valence-electron chi connectivity index (χ2n) is 5.29. The summed E-state index contributed by atoms with van der Waals surface area (Å²) in [6.45, 7) is 2.54. The maximum absolute atomic E-state index is 12.8. The molecule has 6 nitrogen and oxygen atoms in total. The first-order valence-corrected chi connectivity index (χ1v) is 6.92. The summed E-state index contributed by atoms with van der Waals surface area (Å²) >= 11 is 0. The topological polar surface area (TPSA) is 78.8 Å². The normalized spacial score (nSPS) is 18.2. The Balaban J connectivity index is 1.88. The molecule has 0 aliphatic carbocycles. The van der Waals surface area contributed by atoms with Gasteiger partial charge in [-0.25, -0.2) is 4.98 Å². The highest BCUT2D eigenvalue weighted by molar-refractivity contribution is 5.55. The average molecular weight is 323 g/mol. The first kappa shape index (κ1) is 15.3. The highest BCUT2D eigenvalue weighted by Crippen LogP contribution is 2.34. The van der Waals surface area contributed by atoms with Crippen LogP contribution in [0.2, 0.25) is 0 Å². The van der Waals surface area contributed by atoms with Gasteiger partial charge in [-0.15, -0.1) is 0 Å². The van der Waals surface area contributed by atoms with Crippen LogP contribution in [0.25, 0.3) is 0 Å². The number of anilines is 1. The van der Waals surface area contributed by atoms with E-state index in [0.717, 1.165) is 12.1 Å². The third kappa shape index (κ3) is 2.97. The van der Waals surface area contributed by atoms with Crippen LogP contribution in [-0.4, -0.2) is 28.2 Å². The quantitative estimate of drug-likeness (QED) is 0.845.